The number of rotatable bonds is 3. The van der Waals surface area contributed by atoms with Gasteiger partial charge >= 0.3 is 0 Å². The number of hydrogen-bond donors (Lipinski definition) is 1. The molecule has 1 aliphatic rings. The van der Waals surface area contributed by atoms with Crippen LogP contribution in [0.3, 0.4) is 0 Å². The molecule has 1 amide bonds. The van der Waals surface area contributed by atoms with Crippen molar-refractivity contribution < 1.29 is 4.79 Å². The normalized spacial score (nSPS) is 25.8. The fourth-order valence-electron chi connectivity index (χ4n) is 2.41. The molecule has 1 saturated heterocycles. The highest BCUT2D eigenvalue weighted by Crippen LogP contribution is 2.23. The van der Waals surface area contributed by atoms with E-state index >= 15 is 0 Å². The smallest absolute Gasteiger partial charge is 0.222 e. The van der Waals surface area contributed by atoms with Crippen molar-refractivity contribution in [1.82, 2.24) is 4.90 Å². The standard InChI is InChI=1S/C13H18N2O/c1-10-7-15(9-12(10)13(14)16)8-11-5-3-2-4-6-11/h2-6,10,12H,7-9H2,1H3,(H2,14,16)/t10-,12-/m1/s1. The van der Waals surface area contributed by atoms with Gasteiger partial charge < -0.3 is 5.73 Å². The summed E-state index contributed by atoms with van der Waals surface area (Å²) in [7, 11) is 0. The van der Waals surface area contributed by atoms with Gasteiger partial charge in [0.15, 0.2) is 0 Å². The number of carbonyl (C=O) groups excluding carboxylic acids is 1. The van der Waals surface area contributed by atoms with Crippen LogP contribution in [0.25, 0.3) is 0 Å². The lowest BCUT2D eigenvalue weighted by Crippen LogP contribution is -2.29. The molecular weight excluding hydrogens is 200 g/mol. The van der Waals surface area contributed by atoms with E-state index in [9.17, 15) is 4.79 Å². The minimum Gasteiger partial charge on any atom is -0.369 e. The van der Waals surface area contributed by atoms with E-state index in [0.29, 0.717) is 5.92 Å². The summed E-state index contributed by atoms with van der Waals surface area (Å²) < 4.78 is 0. The van der Waals surface area contributed by atoms with Gasteiger partial charge in [0.05, 0.1) is 5.92 Å². The molecule has 0 saturated carbocycles. The molecule has 0 bridgehead atoms. The van der Waals surface area contributed by atoms with Gasteiger partial charge in [-0.3, -0.25) is 9.69 Å². The number of likely N-dealkylation sites (tertiary alicyclic amines) is 1. The molecule has 0 aromatic heterocycles. The fraction of sp³-hybridized carbons (Fsp3) is 0.462. The predicted molar refractivity (Wildman–Crippen MR) is 63.6 cm³/mol. The summed E-state index contributed by atoms with van der Waals surface area (Å²) >= 11 is 0. The Labute approximate surface area is 96.2 Å². The Kier molecular flexibility index (Phi) is 3.25. The molecule has 1 aromatic rings. The second-order valence-electron chi connectivity index (χ2n) is 4.67. The van der Waals surface area contributed by atoms with Crippen molar-refractivity contribution in [1.29, 1.82) is 0 Å². The van der Waals surface area contributed by atoms with Crippen LogP contribution in [0, 0.1) is 11.8 Å². The second kappa shape index (κ2) is 4.66. The van der Waals surface area contributed by atoms with E-state index < -0.39 is 0 Å². The van der Waals surface area contributed by atoms with Gasteiger partial charge in [-0.25, -0.2) is 0 Å². The van der Waals surface area contributed by atoms with E-state index in [1.807, 2.05) is 18.2 Å². The molecule has 0 aliphatic carbocycles. The number of primary amides is 1. The summed E-state index contributed by atoms with van der Waals surface area (Å²) in [6.45, 7) is 4.77. The maximum atomic E-state index is 11.2. The molecule has 16 heavy (non-hydrogen) atoms. The Morgan fingerprint density at radius 1 is 1.38 bits per heavy atom. The molecule has 1 aromatic carbocycles. The zero-order valence-electron chi connectivity index (χ0n) is 9.60. The summed E-state index contributed by atoms with van der Waals surface area (Å²) in [6, 6.07) is 10.3. The van der Waals surface area contributed by atoms with Gasteiger partial charge in [0, 0.05) is 19.6 Å². The first-order chi connectivity index (χ1) is 7.66. The van der Waals surface area contributed by atoms with Crippen molar-refractivity contribution in [3.8, 4) is 0 Å². The molecule has 0 unspecified atom stereocenters. The van der Waals surface area contributed by atoms with Gasteiger partial charge in [0.2, 0.25) is 5.91 Å². The number of nitrogens with two attached hydrogens (primary N) is 1. The highest BCUT2D eigenvalue weighted by Gasteiger charge is 2.32. The first-order valence-corrected chi connectivity index (χ1v) is 5.72. The van der Waals surface area contributed by atoms with Crippen LogP contribution in [0.15, 0.2) is 30.3 Å². The van der Waals surface area contributed by atoms with Gasteiger partial charge in [0.1, 0.15) is 0 Å². The first kappa shape index (κ1) is 11.1. The van der Waals surface area contributed by atoms with Gasteiger partial charge in [-0.2, -0.15) is 0 Å². The van der Waals surface area contributed by atoms with E-state index in [2.05, 4.69) is 24.0 Å². The Bertz CT molecular complexity index is 363. The molecule has 1 aliphatic heterocycles. The second-order valence-corrected chi connectivity index (χ2v) is 4.67. The topological polar surface area (TPSA) is 46.3 Å². The third-order valence-corrected chi connectivity index (χ3v) is 3.30. The van der Waals surface area contributed by atoms with Gasteiger partial charge in [0.25, 0.3) is 0 Å². The van der Waals surface area contributed by atoms with Crippen LogP contribution in [0.4, 0.5) is 0 Å². The van der Waals surface area contributed by atoms with Crippen molar-refractivity contribution in [3.63, 3.8) is 0 Å². The molecule has 0 spiro atoms. The van der Waals surface area contributed by atoms with Crippen molar-refractivity contribution in [3.05, 3.63) is 35.9 Å². The highest BCUT2D eigenvalue weighted by molar-refractivity contribution is 5.77. The Hall–Kier alpha value is -1.35. The largest absolute Gasteiger partial charge is 0.369 e. The third kappa shape index (κ3) is 2.42. The summed E-state index contributed by atoms with van der Waals surface area (Å²) in [4.78, 5) is 13.5. The maximum absolute atomic E-state index is 11.2. The lowest BCUT2D eigenvalue weighted by atomic mass is 9.98. The summed E-state index contributed by atoms with van der Waals surface area (Å²) in [6.07, 6.45) is 0. The van der Waals surface area contributed by atoms with Crippen LogP contribution >= 0.6 is 0 Å². The Balaban J connectivity index is 1.96. The summed E-state index contributed by atoms with van der Waals surface area (Å²) in [5.74, 6) is 0.230. The van der Waals surface area contributed by atoms with E-state index in [-0.39, 0.29) is 11.8 Å². The summed E-state index contributed by atoms with van der Waals surface area (Å²) in [5, 5.41) is 0. The molecule has 3 nitrogen and oxygen atoms in total. The number of amides is 1. The van der Waals surface area contributed by atoms with Gasteiger partial charge in [-0.15, -0.1) is 0 Å². The van der Waals surface area contributed by atoms with Crippen LogP contribution < -0.4 is 5.73 Å². The van der Waals surface area contributed by atoms with Gasteiger partial charge in [-0.1, -0.05) is 37.3 Å². The Morgan fingerprint density at radius 3 is 2.62 bits per heavy atom. The molecule has 0 radical (unpaired) electrons. The molecule has 1 heterocycles. The Morgan fingerprint density at radius 2 is 2.06 bits per heavy atom. The van der Waals surface area contributed by atoms with Crippen molar-refractivity contribution >= 4 is 5.91 Å². The predicted octanol–water partition coefficient (Wildman–Crippen LogP) is 1.24. The van der Waals surface area contributed by atoms with Crippen molar-refractivity contribution in [2.24, 2.45) is 17.6 Å². The average Bonchev–Trinajstić information content (AvgIpc) is 2.61. The quantitative estimate of drug-likeness (QED) is 0.829. The van der Waals surface area contributed by atoms with E-state index in [4.69, 9.17) is 5.73 Å². The zero-order chi connectivity index (χ0) is 11.5. The lowest BCUT2D eigenvalue weighted by molar-refractivity contribution is -0.122. The van der Waals surface area contributed by atoms with E-state index in [1.165, 1.54) is 5.56 Å². The van der Waals surface area contributed by atoms with Crippen LogP contribution in [-0.2, 0) is 11.3 Å². The van der Waals surface area contributed by atoms with Crippen molar-refractivity contribution in [2.75, 3.05) is 13.1 Å². The minimum atomic E-state index is -0.164. The molecule has 1 fully saturated rings. The van der Waals surface area contributed by atoms with Crippen LogP contribution in [-0.4, -0.2) is 23.9 Å². The summed E-state index contributed by atoms with van der Waals surface area (Å²) in [5.41, 5.74) is 6.67. The number of benzene rings is 1. The zero-order valence-corrected chi connectivity index (χ0v) is 9.60. The third-order valence-electron chi connectivity index (χ3n) is 3.30. The van der Waals surface area contributed by atoms with Gasteiger partial charge in [-0.05, 0) is 11.5 Å². The van der Waals surface area contributed by atoms with E-state index in [1.54, 1.807) is 0 Å². The van der Waals surface area contributed by atoms with Crippen LogP contribution in [0.5, 0.6) is 0 Å². The van der Waals surface area contributed by atoms with E-state index in [0.717, 1.165) is 19.6 Å². The SMILES string of the molecule is C[C@@H]1CN(Cc2ccccc2)C[C@H]1C(N)=O. The molecule has 2 N–H and O–H groups in total. The minimum absolute atomic E-state index is 0.0173. The number of hydrogen-bond acceptors (Lipinski definition) is 2. The molecular formula is C13H18N2O. The molecule has 2 atom stereocenters. The monoisotopic (exact) mass is 218 g/mol. The van der Waals surface area contributed by atoms with Crippen molar-refractivity contribution in [2.45, 2.75) is 13.5 Å². The molecule has 2 rings (SSSR count). The maximum Gasteiger partial charge on any atom is 0.222 e. The number of nitrogens with zero attached hydrogens (tertiary/aromatic N) is 1. The lowest BCUT2D eigenvalue weighted by Gasteiger charge is -2.15. The molecule has 3 heteroatoms. The van der Waals surface area contributed by atoms with Crippen LogP contribution in [0.2, 0.25) is 0 Å². The average molecular weight is 218 g/mol. The fourth-order valence-corrected chi connectivity index (χ4v) is 2.41. The highest BCUT2D eigenvalue weighted by atomic mass is 16.1. The first-order valence-electron chi connectivity index (χ1n) is 5.72. The van der Waals surface area contributed by atoms with Crippen LogP contribution in [0.1, 0.15) is 12.5 Å². The number of carbonyl (C=O) groups is 1. The molecule has 86 valence electrons.